The van der Waals surface area contributed by atoms with E-state index in [0.717, 1.165) is 43.0 Å². The molecule has 0 spiro atoms. The summed E-state index contributed by atoms with van der Waals surface area (Å²) in [7, 11) is 0. The van der Waals surface area contributed by atoms with Gasteiger partial charge in [0.15, 0.2) is 5.16 Å². The number of halogens is 1. The number of allylic oxidation sites excluding steroid dienone is 1. The summed E-state index contributed by atoms with van der Waals surface area (Å²) in [5.41, 5.74) is 0.982. The molecule has 11 heteroatoms. The number of amides is 1. The molecule has 0 unspecified atom stereocenters. The van der Waals surface area contributed by atoms with Gasteiger partial charge in [-0.3, -0.25) is 24.3 Å². The lowest BCUT2D eigenvalue weighted by Gasteiger charge is -2.12. The van der Waals surface area contributed by atoms with Gasteiger partial charge in [-0.2, -0.15) is 0 Å². The molecule has 4 rings (SSSR count). The first kappa shape index (κ1) is 22.5. The monoisotopic (exact) mass is 490 g/mol. The predicted molar refractivity (Wildman–Crippen MR) is 128 cm³/mol. The number of thioether (sulfide) groups is 1. The highest BCUT2D eigenvalue weighted by Crippen LogP contribution is 2.35. The molecule has 0 fully saturated rings. The van der Waals surface area contributed by atoms with Crippen LogP contribution in [-0.4, -0.2) is 26.1 Å². The van der Waals surface area contributed by atoms with Crippen LogP contribution in [0.1, 0.15) is 23.3 Å². The molecule has 2 aromatic heterocycles. The number of carbonyl (C=O) groups is 1. The van der Waals surface area contributed by atoms with Gasteiger partial charge >= 0.3 is 0 Å². The lowest BCUT2D eigenvalue weighted by Crippen LogP contribution is -2.24. The number of nitro groups is 1. The summed E-state index contributed by atoms with van der Waals surface area (Å²) < 4.78 is 1.54. The zero-order valence-electron chi connectivity index (χ0n) is 16.9. The summed E-state index contributed by atoms with van der Waals surface area (Å²) in [4.78, 5) is 42.8. The summed E-state index contributed by atoms with van der Waals surface area (Å²) in [6.07, 6.45) is 5.66. The van der Waals surface area contributed by atoms with E-state index in [9.17, 15) is 19.7 Å². The fourth-order valence-electron chi connectivity index (χ4n) is 3.66. The SMILES string of the molecule is C=CCn1c(SCC(=O)Nc2cc([N+](=O)[O-])ccc2Cl)nc2sc3c(c2c1=O)CCCC3. The molecule has 0 bridgehead atoms. The number of non-ortho nitro benzene ring substituents is 1. The minimum absolute atomic E-state index is 0.0425. The van der Waals surface area contributed by atoms with Crippen LogP contribution in [0.4, 0.5) is 11.4 Å². The first-order valence-electron chi connectivity index (χ1n) is 9.91. The molecule has 8 nitrogen and oxygen atoms in total. The Bertz CT molecular complexity index is 1300. The number of nitrogens with one attached hydrogen (secondary N) is 1. The van der Waals surface area contributed by atoms with Crippen LogP contribution in [0.5, 0.6) is 0 Å². The Hall–Kier alpha value is -2.69. The molecule has 1 amide bonds. The number of carbonyl (C=O) groups excluding carboxylic acids is 1. The van der Waals surface area contributed by atoms with Crippen LogP contribution < -0.4 is 10.9 Å². The number of aromatic nitrogens is 2. The van der Waals surface area contributed by atoms with Gasteiger partial charge < -0.3 is 5.32 Å². The molecular weight excluding hydrogens is 472 g/mol. The Morgan fingerprint density at radius 3 is 2.94 bits per heavy atom. The first-order chi connectivity index (χ1) is 15.4. The summed E-state index contributed by atoms with van der Waals surface area (Å²) in [6.45, 7) is 4.02. The van der Waals surface area contributed by atoms with Crippen molar-refractivity contribution in [2.24, 2.45) is 0 Å². The molecule has 166 valence electrons. The van der Waals surface area contributed by atoms with Crippen LogP contribution in [0.15, 0.2) is 40.8 Å². The van der Waals surface area contributed by atoms with Gasteiger partial charge in [0.2, 0.25) is 5.91 Å². The molecule has 0 saturated heterocycles. The topological polar surface area (TPSA) is 107 Å². The van der Waals surface area contributed by atoms with Crippen molar-refractivity contribution in [2.45, 2.75) is 37.4 Å². The van der Waals surface area contributed by atoms with E-state index in [-0.39, 0.29) is 34.3 Å². The number of benzene rings is 1. The van der Waals surface area contributed by atoms with Crippen molar-refractivity contribution in [2.75, 3.05) is 11.1 Å². The van der Waals surface area contributed by atoms with Gasteiger partial charge in [-0.1, -0.05) is 29.4 Å². The number of hydrogen-bond acceptors (Lipinski definition) is 7. The number of fused-ring (bicyclic) bond motifs is 3. The first-order valence-corrected chi connectivity index (χ1v) is 12.1. The largest absolute Gasteiger partial charge is 0.324 e. The second kappa shape index (κ2) is 9.43. The predicted octanol–water partition coefficient (Wildman–Crippen LogP) is 4.82. The highest BCUT2D eigenvalue weighted by Gasteiger charge is 2.22. The summed E-state index contributed by atoms with van der Waals surface area (Å²) in [5.74, 6) is -0.457. The molecule has 0 atom stereocenters. The minimum Gasteiger partial charge on any atom is -0.324 e. The van der Waals surface area contributed by atoms with E-state index in [1.807, 2.05) is 0 Å². The molecule has 1 aliphatic rings. The van der Waals surface area contributed by atoms with Gasteiger partial charge in [-0.15, -0.1) is 17.9 Å². The number of aryl methyl sites for hydroxylation is 2. The molecule has 1 aromatic carbocycles. The maximum Gasteiger partial charge on any atom is 0.271 e. The van der Waals surface area contributed by atoms with E-state index in [2.05, 4.69) is 11.9 Å². The third kappa shape index (κ3) is 4.43. The highest BCUT2D eigenvalue weighted by atomic mass is 35.5. The Morgan fingerprint density at radius 2 is 2.19 bits per heavy atom. The van der Waals surface area contributed by atoms with E-state index >= 15 is 0 Å². The Kier molecular flexibility index (Phi) is 6.63. The smallest absolute Gasteiger partial charge is 0.271 e. The van der Waals surface area contributed by atoms with Gasteiger partial charge in [0.05, 0.1) is 26.8 Å². The van der Waals surface area contributed by atoms with Crippen molar-refractivity contribution in [3.8, 4) is 0 Å². The fraction of sp³-hybridized carbons (Fsp3) is 0.286. The van der Waals surface area contributed by atoms with Crippen molar-refractivity contribution >= 4 is 62.2 Å². The van der Waals surface area contributed by atoms with Crippen molar-refractivity contribution < 1.29 is 9.72 Å². The molecular formula is C21H19ClN4O4S2. The molecule has 0 aliphatic heterocycles. The summed E-state index contributed by atoms with van der Waals surface area (Å²) >= 11 is 8.73. The Morgan fingerprint density at radius 1 is 1.41 bits per heavy atom. The van der Waals surface area contributed by atoms with Crippen LogP contribution in [-0.2, 0) is 24.2 Å². The number of rotatable bonds is 7. The number of thiophene rings is 1. The van der Waals surface area contributed by atoms with Gasteiger partial charge in [0, 0.05) is 23.6 Å². The van der Waals surface area contributed by atoms with E-state index in [1.165, 1.54) is 27.6 Å². The maximum absolute atomic E-state index is 13.2. The molecule has 0 saturated carbocycles. The van der Waals surface area contributed by atoms with Crippen LogP contribution in [0, 0.1) is 10.1 Å². The normalized spacial score (nSPS) is 13.0. The zero-order valence-corrected chi connectivity index (χ0v) is 19.3. The number of hydrogen-bond donors (Lipinski definition) is 1. The number of nitrogens with zero attached hydrogens (tertiary/aromatic N) is 3. The van der Waals surface area contributed by atoms with E-state index < -0.39 is 10.8 Å². The average Bonchev–Trinajstić information content (AvgIpc) is 3.14. The summed E-state index contributed by atoms with van der Waals surface area (Å²) in [5, 5.41) is 14.9. The lowest BCUT2D eigenvalue weighted by molar-refractivity contribution is -0.384. The van der Waals surface area contributed by atoms with Crippen molar-refractivity contribution in [3.05, 3.63) is 66.8 Å². The Labute approximate surface area is 196 Å². The van der Waals surface area contributed by atoms with Crippen LogP contribution in [0.3, 0.4) is 0 Å². The van der Waals surface area contributed by atoms with Crippen LogP contribution in [0.25, 0.3) is 10.2 Å². The average molecular weight is 491 g/mol. The van der Waals surface area contributed by atoms with Crippen molar-refractivity contribution in [3.63, 3.8) is 0 Å². The van der Waals surface area contributed by atoms with Gasteiger partial charge in [0.1, 0.15) is 4.83 Å². The van der Waals surface area contributed by atoms with Gasteiger partial charge in [-0.05, 0) is 37.3 Å². The maximum atomic E-state index is 13.2. The molecule has 32 heavy (non-hydrogen) atoms. The van der Waals surface area contributed by atoms with Gasteiger partial charge in [0.25, 0.3) is 11.2 Å². The molecule has 1 N–H and O–H groups in total. The Balaban J connectivity index is 1.59. The molecule has 2 heterocycles. The van der Waals surface area contributed by atoms with E-state index in [0.29, 0.717) is 15.4 Å². The van der Waals surface area contributed by atoms with Gasteiger partial charge in [-0.25, -0.2) is 4.98 Å². The third-order valence-corrected chi connectivity index (χ3v) is 7.61. The second-order valence-corrected chi connectivity index (χ2v) is 9.68. The van der Waals surface area contributed by atoms with E-state index in [1.54, 1.807) is 17.4 Å². The molecule has 3 aromatic rings. The van der Waals surface area contributed by atoms with Crippen molar-refractivity contribution in [1.29, 1.82) is 0 Å². The quantitative estimate of drug-likeness (QED) is 0.167. The third-order valence-electron chi connectivity index (χ3n) is 5.12. The van der Waals surface area contributed by atoms with Crippen LogP contribution in [0.2, 0.25) is 5.02 Å². The minimum atomic E-state index is -0.561. The van der Waals surface area contributed by atoms with Crippen LogP contribution >= 0.6 is 34.7 Å². The molecule has 0 radical (unpaired) electrons. The molecule has 1 aliphatic carbocycles. The highest BCUT2D eigenvalue weighted by molar-refractivity contribution is 7.99. The van der Waals surface area contributed by atoms with E-state index in [4.69, 9.17) is 16.6 Å². The second-order valence-electron chi connectivity index (χ2n) is 7.25. The standard InChI is InChI=1S/C21H19ClN4O4S2/c1-2-9-25-20(28)18-13-5-3-4-6-16(13)32-19(18)24-21(25)31-11-17(27)23-15-10-12(26(29)30)7-8-14(15)22/h2,7-8,10H,1,3-6,9,11H2,(H,23,27). The number of nitro benzene ring substituents is 1. The van der Waals surface area contributed by atoms with Crippen molar-refractivity contribution in [1.82, 2.24) is 9.55 Å². The summed E-state index contributed by atoms with van der Waals surface area (Å²) in [6, 6.07) is 3.83. The lowest BCUT2D eigenvalue weighted by atomic mass is 9.97. The number of anilines is 1. The fourth-order valence-corrected chi connectivity index (χ4v) is 5.93. The zero-order chi connectivity index (χ0) is 22.8.